The van der Waals surface area contributed by atoms with Gasteiger partial charge in [0.25, 0.3) is 5.91 Å². The lowest BCUT2D eigenvalue weighted by molar-refractivity contribution is -0.145. The van der Waals surface area contributed by atoms with E-state index in [4.69, 9.17) is 0 Å². The molecule has 22 heavy (non-hydrogen) atoms. The summed E-state index contributed by atoms with van der Waals surface area (Å²) in [7, 11) is -3.98. The van der Waals surface area contributed by atoms with E-state index in [9.17, 15) is 21.9 Å². The smallest absolute Gasteiger partial charge is 0.467 e. The Morgan fingerprint density at radius 2 is 2.14 bits per heavy atom. The van der Waals surface area contributed by atoms with Crippen LogP contribution < -0.4 is 4.18 Å². The van der Waals surface area contributed by atoms with E-state index in [-0.39, 0.29) is 5.56 Å². The van der Waals surface area contributed by atoms with E-state index in [2.05, 4.69) is 13.9 Å². The highest BCUT2D eigenvalue weighted by atomic mass is 32.3. The van der Waals surface area contributed by atoms with Gasteiger partial charge in [0, 0.05) is 12.7 Å². The predicted octanol–water partition coefficient (Wildman–Crippen LogP) is 0.452. The maximum absolute atomic E-state index is 12.5. The highest BCUT2D eigenvalue weighted by Gasteiger charge is 2.35. The number of pyridine rings is 1. The summed E-state index contributed by atoms with van der Waals surface area (Å²) in [5.41, 5.74) is -0.0167. The first-order valence-corrected chi connectivity index (χ1v) is 7.60. The van der Waals surface area contributed by atoms with Crippen molar-refractivity contribution in [3.8, 4) is 5.75 Å². The van der Waals surface area contributed by atoms with Crippen LogP contribution in [0.3, 0.4) is 0 Å². The van der Waals surface area contributed by atoms with Crippen LogP contribution in [-0.4, -0.2) is 49.9 Å². The summed E-state index contributed by atoms with van der Waals surface area (Å²) in [4.78, 5) is 28.9. The van der Waals surface area contributed by atoms with Gasteiger partial charge in [-0.15, -0.1) is 0 Å². The van der Waals surface area contributed by atoms with E-state index in [1.54, 1.807) is 0 Å². The molecule has 8 nitrogen and oxygen atoms in total. The highest BCUT2D eigenvalue weighted by Crippen LogP contribution is 2.22. The van der Waals surface area contributed by atoms with Crippen molar-refractivity contribution < 1.29 is 30.8 Å². The molecule has 0 spiro atoms. The Labute approximate surface area is 126 Å². The third-order valence-electron chi connectivity index (χ3n) is 3.14. The van der Waals surface area contributed by atoms with Crippen LogP contribution in [0.5, 0.6) is 5.75 Å². The van der Waals surface area contributed by atoms with Crippen LogP contribution in [0.15, 0.2) is 18.5 Å². The summed E-state index contributed by atoms with van der Waals surface area (Å²) >= 11 is 0. The van der Waals surface area contributed by atoms with Crippen LogP contribution >= 0.6 is 0 Å². The molecular weight excluding hydrogens is 319 g/mol. The van der Waals surface area contributed by atoms with Crippen molar-refractivity contribution in [1.82, 2.24) is 9.88 Å². The normalized spacial score (nSPS) is 18.1. The number of hydrogen-bond acceptors (Lipinski definition) is 7. The number of esters is 1. The quantitative estimate of drug-likeness (QED) is 0.582. The van der Waals surface area contributed by atoms with Gasteiger partial charge in [0.15, 0.2) is 5.75 Å². The Hall–Kier alpha value is -2.23. The Bertz CT molecular complexity index is 693. The second-order valence-electron chi connectivity index (χ2n) is 4.57. The third kappa shape index (κ3) is 3.70. The molecule has 0 bridgehead atoms. The molecule has 1 aromatic heterocycles. The predicted molar refractivity (Wildman–Crippen MR) is 71.0 cm³/mol. The number of amides is 1. The molecule has 1 saturated heterocycles. The number of carbonyl (C=O) groups excluding carboxylic acids is 2. The molecule has 1 amide bonds. The van der Waals surface area contributed by atoms with E-state index < -0.39 is 34.2 Å². The maximum atomic E-state index is 12.5. The fraction of sp³-hybridized carbons (Fsp3) is 0.417. The van der Waals surface area contributed by atoms with Gasteiger partial charge in [-0.3, -0.25) is 9.78 Å². The van der Waals surface area contributed by atoms with Crippen LogP contribution in [0.4, 0.5) is 3.89 Å². The van der Waals surface area contributed by atoms with Crippen molar-refractivity contribution in [1.29, 1.82) is 0 Å². The van der Waals surface area contributed by atoms with Gasteiger partial charge >= 0.3 is 16.5 Å². The zero-order chi connectivity index (χ0) is 16.3. The summed E-state index contributed by atoms with van der Waals surface area (Å²) in [6.07, 6.45) is 3.23. The van der Waals surface area contributed by atoms with Crippen molar-refractivity contribution in [3.05, 3.63) is 24.0 Å². The Kier molecular flexibility index (Phi) is 4.59. The average molecular weight is 332 g/mol. The van der Waals surface area contributed by atoms with E-state index in [1.165, 1.54) is 18.2 Å². The largest absolute Gasteiger partial charge is 0.488 e. The van der Waals surface area contributed by atoms with Crippen LogP contribution in [0, 0.1) is 0 Å². The molecular formula is C12H13FN2O6S. The summed E-state index contributed by atoms with van der Waals surface area (Å²) in [5, 5.41) is 0. The molecule has 1 aliphatic rings. The van der Waals surface area contributed by atoms with Gasteiger partial charge in [-0.05, 0) is 18.9 Å². The Balaban J connectivity index is 2.22. The monoisotopic (exact) mass is 332 g/mol. The minimum atomic E-state index is -5.21. The molecule has 0 saturated carbocycles. The second-order valence-corrected chi connectivity index (χ2v) is 5.52. The van der Waals surface area contributed by atoms with E-state index in [0.717, 1.165) is 12.3 Å². The zero-order valence-electron chi connectivity index (χ0n) is 11.6. The minimum Gasteiger partial charge on any atom is -0.467 e. The number of ether oxygens (including phenoxy) is 1. The minimum absolute atomic E-state index is 0.0167. The van der Waals surface area contributed by atoms with Crippen LogP contribution in [0.2, 0.25) is 0 Å². The average Bonchev–Trinajstić information content (AvgIpc) is 2.93. The summed E-state index contributed by atoms with van der Waals surface area (Å²) in [5.74, 6) is -1.50. The molecule has 10 heteroatoms. The molecule has 0 aliphatic carbocycles. The molecule has 2 rings (SSSR count). The molecule has 2 heterocycles. The molecule has 1 aliphatic heterocycles. The molecule has 1 fully saturated rings. The molecule has 0 N–H and O–H groups in total. The van der Waals surface area contributed by atoms with Crippen molar-refractivity contribution in [3.63, 3.8) is 0 Å². The first kappa shape index (κ1) is 16.1. The van der Waals surface area contributed by atoms with Gasteiger partial charge in [0.05, 0.1) is 18.9 Å². The molecule has 120 valence electrons. The summed E-state index contributed by atoms with van der Waals surface area (Å²) in [6.45, 7) is 0.352. The lowest BCUT2D eigenvalue weighted by Gasteiger charge is -2.22. The SMILES string of the molecule is COC(=O)C1CCCN1C(=O)c1cncc(OS(=O)(=O)F)c1. The van der Waals surface area contributed by atoms with E-state index in [0.29, 0.717) is 19.4 Å². The first-order chi connectivity index (χ1) is 10.3. The fourth-order valence-corrected chi connectivity index (χ4v) is 2.57. The van der Waals surface area contributed by atoms with E-state index >= 15 is 0 Å². The van der Waals surface area contributed by atoms with Crippen LogP contribution in [-0.2, 0) is 20.0 Å². The molecule has 0 radical (unpaired) electrons. The van der Waals surface area contributed by atoms with Crippen molar-refractivity contribution in [2.24, 2.45) is 0 Å². The van der Waals surface area contributed by atoms with Gasteiger partial charge in [0.2, 0.25) is 0 Å². The number of nitrogens with zero attached hydrogens (tertiary/aromatic N) is 2. The first-order valence-electron chi connectivity index (χ1n) is 6.30. The number of methoxy groups -OCH3 is 1. The third-order valence-corrected chi connectivity index (χ3v) is 3.53. The highest BCUT2D eigenvalue weighted by molar-refractivity contribution is 7.81. The lowest BCUT2D eigenvalue weighted by atomic mass is 10.2. The molecule has 1 unspecified atom stereocenters. The number of carbonyl (C=O) groups is 2. The number of likely N-dealkylation sites (tertiary alicyclic amines) is 1. The molecule has 1 aromatic rings. The summed E-state index contributed by atoms with van der Waals surface area (Å²) < 4.78 is 42.0. The van der Waals surface area contributed by atoms with Gasteiger partial charge in [-0.1, -0.05) is 3.89 Å². The molecule has 0 aromatic carbocycles. The second kappa shape index (κ2) is 6.26. The lowest BCUT2D eigenvalue weighted by Crippen LogP contribution is -2.41. The maximum Gasteiger partial charge on any atom is 0.488 e. The Morgan fingerprint density at radius 1 is 1.41 bits per heavy atom. The fourth-order valence-electron chi connectivity index (χ4n) is 2.25. The number of aromatic nitrogens is 1. The molecule has 1 atom stereocenters. The van der Waals surface area contributed by atoms with Crippen LogP contribution in [0.25, 0.3) is 0 Å². The van der Waals surface area contributed by atoms with Gasteiger partial charge < -0.3 is 13.8 Å². The number of hydrogen-bond donors (Lipinski definition) is 0. The Morgan fingerprint density at radius 3 is 2.77 bits per heavy atom. The van der Waals surface area contributed by atoms with Crippen LogP contribution in [0.1, 0.15) is 23.2 Å². The topological polar surface area (TPSA) is 103 Å². The summed E-state index contributed by atoms with van der Waals surface area (Å²) in [6, 6.07) is 0.339. The zero-order valence-corrected chi connectivity index (χ0v) is 12.4. The van der Waals surface area contributed by atoms with Crippen molar-refractivity contribution in [2.45, 2.75) is 18.9 Å². The number of rotatable bonds is 4. The van der Waals surface area contributed by atoms with Crippen molar-refractivity contribution in [2.75, 3.05) is 13.7 Å². The van der Waals surface area contributed by atoms with Gasteiger partial charge in [-0.2, -0.15) is 8.42 Å². The van der Waals surface area contributed by atoms with E-state index in [1.807, 2.05) is 0 Å². The van der Waals surface area contributed by atoms with Crippen molar-refractivity contribution >= 4 is 22.4 Å². The number of halogens is 1. The standard InChI is InChI=1S/C12H13FN2O6S/c1-20-12(17)10-3-2-4-15(10)11(16)8-5-9(7-14-6-8)21-22(13,18)19/h5-7,10H,2-4H2,1H3. The van der Waals surface area contributed by atoms with Gasteiger partial charge in [0.1, 0.15) is 6.04 Å². The van der Waals surface area contributed by atoms with Gasteiger partial charge in [-0.25, -0.2) is 4.79 Å².